The van der Waals surface area contributed by atoms with E-state index < -0.39 is 11.9 Å². The summed E-state index contributed by atoms with van der Waals surface area (Å²) in [6.45, 7) is 0. The largest absolute Gasteiger partial charge is 0.497 e. The number of methoxy groups -OCH3 is 1. The molecule has 0 radical (unpaired) electrons. The number of amides is 3. The maximum atomic E-state index is 11.9. The third-order valence-electron chi connectivity index (χ3n) is 2.82. The molecule has 118 valence electrons. The second-order valence-electron chi connectivity index (χ2n) is 4.46. The third-order valence-corrected chi connectivity index (χ3v) is 3.02. The molecule has 0 spiro atoms. The summed E-state index contributed by atoms with van der Waals surface area (Å²) in [5, 5.41) is 7.31. The zero-order chi connectivity index (χ0) is 16.7. The van der Waals surface area contributed by atoms with Gasteiger partial charge < -0.3 is 10.1 Å². The van der Waals surface area contributed by atoms with Crippen molar-refractivity contribution in [1.29, 1.82) is 0 Å². The molecule has 6 nitrogen and oxygen atoms in total. The Kier molecular flexibility index (Phi) is 5.65. The molecule has 0 heterocycles. The van der Waals surface area contributed by atoms with Gasteiger partial charge in [-0.3, -0.25) is 15.4 Å². The first-order valence-corrected chi connectivity index (χ1v) is 7.12. The number of carbonyl (C=O) groups excluding carboxylic acids is 2. The van der Waals surface area contributed by atoms with Crippen LogP contribution >= 0.6 is 12.2 Å². The maximum absolute atomic E-state index is 11.9. The fourth-order valence-electron chi connectivity index (χ4n) is 1.76. The molecule has 0 aromatic heterocycles. The topological polar surface area (TPSA) is 79.5 Å². The molecule has 0 fully saturated rings. The molecule has 0 aliphatic rings. The fraction of sp³-hybridized carbons (Fsp3) is 0.0625. The second-order valence-corrected chi connectivity index (χ2v) is 4.87. The van der Waals surface area contributed by atoms with Crippen LogP contribution in [0.1, 0.15) is 10.4 Å². The van der Waals surface area contributed by atoms with Crippen LogP contribution < -0.4 is 20.7 Å². The van der Waals surface area contributed by atoms with Crippen molar-refractivity contribution in [2.45, 2.75) is 0 Å². The Labute approximate surface area is 138 Å². The van der Waals surface area contributed by atoms with E-state index >= 15 is 0 Å². The molecule has 0 saturated carbocycles. The van der Waals surface area contributed by atoms with Crippen molar-refractivity contribution in [2.75, 3.05) is 12.4 Å². The van der Waals surface area contributed by atoms with Crippen LogP contribution in [0.5, 0.6) is 5.75 Å². The van der Waals surface area contributed by atoms with Crippen LogP contribution in [0.2, 0.25) is 0 Å². The molecule has 7 heteroatoms. The van der Waals surface area contributed by atoms with Crippen molar-refractivity contribution in [1.82, 2.24) is 10.6 Å². The van der Waals surface area contributed by atoms with Gasteiger partial charge in [0.25, 0.3) is 5.91 Å². The van der Waals surface area contributed by atoms with Gasteiger partial charge in [0.2, 0.25) is 0 Å². The summed E-state index contributed by atoms with van der Waals surface area (Å²) in [5.41, 5.74) is 0.990. The lowest BCUT2D eigenvalue weighted by atomic mass is 10.2. The minimum absolute atomic E-state index is 0.0840. The average molecular weight is 329 g/mol. The Morgan fingerprint density at radius 3 is 2.43 bits per heavy atom. The number of thiocarbonyl (C=S) groups is 1. The van der Waals surface area contributed by atoms with Crippen LogP contribution in [0.4, 0.5) is 10.5 Å². The number of hydrogen-bond donors (Lipinski definition) is 3. The Morgan fingerprint density at radius 1 is 1.00 bits per heavy atom. The van der Waals surface area contributed by atoms with Gasteiger partial charge >= 0.3 is 6.03 Å². The summed E-state index contributed by atoms with van der Waals surface area (Å²) in [4.78, 5) is 23.7. The summed E-state index contributed by atoms with van der Waals surface area (Å²) >= 11 is 4.94. The zero-order valence-corrected chi connectivity index (χ0v) is 13.1. The van der Waals surface area contributed by atoms with Crippen LogP contribution in [0.3, 0.4) is 0 Å². The van der Waals surface area contributed by atoms with E-state index in [2.05, 4.69) is 16.0 Å². The predicted octanol–water partition coefficient (Wildman–Crippen LogP) is 2.53. The van der Waals surface area contributed by atoms with Crippen LogP contribution in [-0.2, 0) is 0 Å². The number of rotatable bonds is 3. The lowest BCUT2D eigenvalue weighted by molar-refractivity contribution is 0.0977. The van der Waals surface area contributed by atoms with Crippen molar-refractivity contribution in [3.63, 3.8) is 0 Å². The van der Waals surface area contributed by atoms with Crippen LogP contribution in [0.15, 0.2) is 54.6 Å². The molecule has 3 amide bonds. The summed E-state index contributed by atoms with van der Waals surface area (Å²) in [6.07, 6.45) is 0. The maximum Gasteiger partial charge on any atom is 0.325 e. The molecular formula is C16H15N3O3S. The Bertz CT molecular complexity index is 720. The minimum atomic E-state index is -0.559. The van der Waals surface area contributed by atoms with E-state index in [4.69, 9.17) is 17.0 Å². The van der Waals surface area contributed by atoms with E-state index in [1.807, 2.05) is 0 Å². The monoisotopic (exact) mass is 329 g/mol. The van der Waals surface area contributed by atoms with Gasteiger partial charge in [0, 0.05) is 17.3 Å². The molecule has 2 rings (SSSR count). The first-order valence-electron chi connectivity index (χ1n) is 6.71. The average Bonchev–Trinajstić information content (AvgIpc) is 2.55. The van der Waals surface area contributed by atoms with Crippen molar-refractivity contribution in [3.05, 3.63) is 60.2 Å². The fourth-order valence-corrected chi connectivity index (χ4v) is 1.95. The van der Waals surface area contributed by atoms with E-state index in [0.29, 0.717) is 17.0 Å². The first kappa shape index (κ1) is 16.4. The Hall–Kier alpha value is -2.93. The number of hydrogen-bond acceptors (Lipinski definition) is 4. The molecule has 2 aromatic carbocycles. The lowest BCUT2D eigenvalue weighted by Crippen LogP contribution is -2.44. The Balaban J connectivity index is 1.87. The number of carbonyl (C=O) groups is 2. The highest BCUT2D eigenvalue weighted by Crippen LogP contribution is 2.16. The van der Waals surface area contributed by atoms with Crippen LogP contribution in [0.25, 0.3) is 0 Å². The smallest absolute Gasteiger partial charge is 0.325 e. The van der Waals surface area contributed by atoms with Crippen LogP contribution in [-0.4, -0.2) is 24.2 Å². The number of ether oxygens (including phenoxy) is 1. The van der Waals surface area contributed by atoms with Crippen molar-refractivity contribution in [2.24, 2.45) is 0 Å². The van der Waals surface area contributed by atoms with Gasteiger partial charge in [-0.15, -0.1) is 0 Å². The quantitative estimate of drug-likeness (QED) is 0.756. The summed E-state index contributed by atoms with van der Waals surface area (Å²) in [5.74, 6) is 0.222. The molecule has 0 bridgehead atoms. The van der Waals surface area contributed by atoms with Gasteiger partial charge in [-0.25, -0.2) is 4.79 Å². The zero-order valence-electron chi connectivity index (χ0n) is 12.3. The highest BCUT2D eigenvalue weighted by molar-refractivity contribution is 7.80. The van der Waals surface area contributed by atoms with E-state index in [1.54, 1.807) is 54.6 Å². The molecule has 3 N–H and O–H groups in total. The lowest BCUT2D eigenvalue weighted by Gasteiger charge is -2.10. The summed E-state index contributed by atoms with van der Waals surface area (Å²) < 4.78 is 5.06. The number of urea groups is 1. The SMILES string of the molecule is COc1cccc(NC(=O)NC(=S)NC(=O)c2ccccc2)c1. The molecule has 0 atom stereocenters. The van der Waals surface area contributed by atoms with Gasteiger partial charge in [0.15, 0.2) is 5.11 Å². The van der Waals surface area contributed by atoms with Crippen LogP contribution in [0, 0.1) is 0 Å². The predicted molar refractivity (Wildman–Crippen MR) is 91.7 cm³/mol. The van der Waals surface area contributed by atoms with E-state index in [0.717, 1.165) is 0 Å². The molecule has 2 aromatic rings. The van der Waals surface area contributed by atoms with Gasteiger partial charge in [-0.2, -0.15) is 0 Å². The van der Waals surface area contributed by atoms with Crippen molar-refractivity contribution >= 4 is 35.0 Å². The van der Waals surface area contributed by atoms with E-state index in [9.17, 15) is 9.59 Å². The first-order chi connectivity index (χ1) is 11.1. The summed E-state index contributed by atoms with van der Waals surface area (Å²) in [7, 11) is 1.54. The minimum Gasteiger partial charge on any atom is -0.497 e. The number of nitrogens with one attached hydrogen (secondary N) is 3. The van der Waals surface area contributed by atoms with Crippen molar-refractivity contribution in [3.8, 4) is 5.75 Å². The molecule has 0 saturated heterocycles. The van der Waals surface area contributed by atoms with Gasteiger partial charge in [0.05, 0.1) is 7.11 Å². The molecule has 0 aliphatic heterocycles. The summed E-state index contributed by atoms with van der Waals surface area (Å²) in [6, 6.07) is 14.9. The molecule has 0 aliphatic carbocycles. The highest BCUT2D eigenvalue weighted by atomic mass is 32.1. The molecule has 0 unspecified atom stereocenters. The number of benzene rings is 2. The van der Waals surface area contributed by atoms with Gasteiger partial charge in [0.1, 0.15) is 5.75 Å². The van der Waals surface area contributed by atoms with E-state index in [-0.39, 0.29) is 5.11 Å². The standard InChI is InChI=1S/C16H15N3O3S/c1-22-13-9-5-8-12(10-13)17-15(21)19-16(23)18-14(20)11-6-3-2-4-7-11/h2-10H,1H3,(H3,17,18,19,20,21,23). The van der Waals surface area contributed by atoms with Gasteiger partial charge in [-0.1, -0.05) is 24.3 Å². The molecule has 23 heavy (non-hydrogen) atoms. The third kappa shape index (κ3) is 5.08. The van der Waals surface area contributed by atoms with Crippen molar-refractivity contribution < 1.29 is 14.3 Å². The Morgan fingerprint density at radius 2 is 1.74 bits per heavy atom. The molecular weight excluding hydrogens is 314 g/mol. The second kappa shape index (κ2) is 7.90. The van der Waals surface area contributed by atoms with E-state index in [1.165, 1.54) is 7.11 Å². The number of anilines is 1. The highest BCUT2D eigenvalue weighted by Gasteiger charge is 2.10. The van der Waals surface area contributed by atoms with Gasteiger partial charge in [-0.05, 0) is 36.5 Å². The normalized spacial score (nSPS) is 9.61.